The highest BCUT2D eigenvalue weighted by Crippen LogP contribution is 2.35. The molecule has 0 aliphatic carbocycles. The standard InChI is InChI=1S/C29H33N3O3/c1-19(2)13-28(34)29(35)32-11-9-22(10-12-32)25-18-31(3)26-8-7-20(15-24(25)26)16-27(33)23-6-4-5-21(14-23)17-30/h4-8,14-15,18-19,22,28,34H,9-13,16H2,1-3H3/t28-/m0/s1. The Morgan fingerprint density at radius 1 is 1.14 bits per heavy atom. The first-order valence-corrected chi connectivity index (χ1v) is 12.3. The van der Waals surface area contributed by atoms with Gasteiger partial charge in [-0.3, -0.25) is 9.59 Å². The molecule has 1 atom stereocenters. The van der Waals surface area contributed by atoms with Gasteiger partial charge in [0.25, 0.3) is 5.91 Å². The van der Waals surface area contributed by atoms with Crippen molar-refractivity contribution in [1.82, 2.24) is 9.47 Å². The van der Waals surface area contributed by atoms with E-state index in [9.17, 15) is 14.7 Å². The number of aliphatic hydroxyl groups is 1. The summed E-state index contributed by atoms with van der Waals surface area (Å²) in [5, 5.41) is 20.5. The molecule has 4 rings (SSSR count). The van der Waals surface area contributed by atoms with Gasteiger partial charge < -0.3 is 14.6 Å². The number of hydrogen-bond acceptors (Lipinski definition) is 4. The van der Waals surface area contributed by atoms with Crippen LogP contribution in [0.1, 0.15) is 66.1 Å². The zero-order valence-electron chi connectivity index (χ0n) is 20.7. The average Bonchev–Trinajstić information content (AvgIpc) is 3.18. The van der Waals surface area contributed by atoms with Gasteiger partial charge in [-0.05, 0) is 66.5 Å². The quantitative estimate of drug-likeness (QED) is 0.511. The lowest BCUT2D eigenvalue weighted by atomic mass is 9.88. The molecular weight excluding hydrogens is 438 g/mol. The Bertz CT molecular complexity index is 1280. The number of likely N-dealkylation sites (tertiary alicyclic amines) is 1. The van der Waals surface area contributed by atoms with E-state index in [1.165, 1.54) is 5.56 Å². The molecule has 0 unspecified atom stereocenters. The topological polar surface area (TPSA) is 86.3 Å². The second-order valence-corrected chi connectivity index (χ2v) is 10.1. The summed E-state index contributed by atoms with van der Waals surface area (Å²) in [5.74, 6) is 0.434. The van der Waals surface area contributed by atoms with Gasteiger partial charge in [0.05, 0.1) is 11.6 Å². The van der Waals surface area contributed by atoms with Crippen LogP contribution in [0.15, 0.2) is 48.7 Å². The highest BCUT2D eigenvalue weighted by atomic mass is 16.3. The van der Waals surface area contributed by atoms with Gasteiger partial charge in [0.2, 0.25) is 0 Å². The van der Waals surface area contributed by atoms with E-state index < -0.39 is 6.10 Å². The van der Waals surface area contributed by atoms with E-state index >= 15 is 0 Å². The first-order valence-electron chi connectivity index (χ1n) is 12.3. The SMILES string of the molecule is CC(C)C[C@H](O)C(=O)N1CCC(c2cn(C)c3ccc(CC(=O)c4cccc(C#N)c4)cc23)CC1. The van der Waals surface area contributed by atoms with Crippen LogP contribution in [0.2, 0.25) is 0 Å². The van der Waals surface area contributed by atoms with Gasteiger partial charge in [-0.1, -0.05) is 32.0 Å². The van der Waals surface area contributed by atoms with Gasteiger partial charge in [0.15, 0.2) is 5.78 Å². The number of piperidine rings is 1. The summed E-state index contributed by atoms with van der Waals surface area (Å²) in [7, 11) is 2.03. The molecule has 1 saturated heterocycles. The highest BCUT2D eigenvalue weighted by Gasteiger charge is 2.29. The van der Waals surface area contributed by atoms with Gasteiger partial charge in [-0.25, -0.2) is 0 Å². The maximum atomic E-state index is 12.9. The summed E-state index contributed by atoms with van der Waals surface area (Å²) in [5.41, 5.74) is 4.35. The molecular formula is C29H33N3O3. The molecule has 1 amide bonds. The number of Topliss-reactive ketones (excluding diaryl/α,β-unsaturated/α-hetero) is 1. The molecule has 6 heteroatoms. The number of nitriles is 1. The van der Waals surface area contributed by atoms with Crippen LogP contribution in [-0.4, -0.2) is 45.5 Å². The van der Waals surface area contributed by atoms with Gasteiger partial charge in [0, 0.05) is 49.2 Å². The predicted octanol–water partition coefficient (Wildman–Crippen LogP) is 4.59. The Hall–Kier alpha value is -3.43. The van der Waals surface area contributed by atoms with Crippen molar-refractivity contribution in [2.24, 2.45) is 13.0 Å². The minimum Gasteiger partial charge on any atom is -0.383 e. The third kappa shape index (κ3) is 5.47. The number of aliphatic hydroxyl groups excluding tert-OH is 1. The normalized spacial score (nSPS) is 15.4. The zero-order chi connectivity index (χ0) is 25.1. The van der Waals surface area contributed by atoms with Gasteiger partial charge >= 0.3 is 0 Å². The summed E-state index contributed by atoms with van der Waals surface area (Å²) in [6.07, 6.45) is 3.72. The number of carbonyl (C=O) groups is 2. The van der Waals surface area contributed by atoms with Crippen molar-refractivity contribution in [2.75, 3.05) is 13.1 Å². The lowest BCUT2D eigenvalue weighted by Gasteiger charge is -2.33. The number of rotatable bonds is 7. The molecule has 6 nitrogen and oxygen atoms in total. The summed E-state index contributed by atoms with van der Waals surface area (Å²) >= 11 is 0. The second-order valence-electron chi connectivity index (χ2n) is 10.1. The molecule has 1 aromatic heterocycles. The van der Waals surface area contributed by atoms with E-state index in [4.69, 9.17) is 5.26 Å². The fraction of sp³-hybridized carbons (Fsp3) is 0.414. The number of carbonyl (C=O) groups excluding carboxylic acids is 2. The van der Waals surface area contributed by atoms with Crippen molar-refractivity contribution in [1.29, 1.82) is 5.26 Å². The van der Waals surface area contributed by atoms with Crippen LogP contribution in [-0.2, 0) is 18.3 Å². The van der Waals surface area contributed by atoms with Gasteiger partial charge in [-0.15, -0.1) is 0 Å². The third-order valence-electron chi connectivity index (χ3n) is 6.99. The minimum atomic E-state index is -0.918. The summed E-state index contributed by atoms with van der Waals surface area (Å²) in [6, 6.07) is 15.1. The maximum absolute atomic E-state index is 12.9. The largest absolute Gasteiger partial charge is 0.383 e. The summed E-state index contributed by atoms with van der Waals surface area (Å²) in [6.45, 7) is 5.30. The second kappa shape index (κ2) is 10.5. The number of benzene rings is 2. The molecule has 3 aromatic rings. The summed E-state index contributed by atoms with van der Waals surface area (Å²) < 4.78 is 2.12. The molecule has 1 aliphatic rings. The van der Waals surface area contributed by atoms with Crippen molar-refractivity contribution in [3.05, 3.63) is 70.9 Å². The maximum Gasteiger partial charge on any atom is 0.251 e. The first kappa shape index (κ1) is 24.7. The zero-order valence-corrected chi connectivity index (χ0v) is 20.7. The molecule has 2 heterocycles. The molecule has 0 saturated carbocycles. The van der Waals surface area contributed by atoms with Crippen molar-refractivity contribution < 1.29 is 14.7 Å². The van der Waals surface area contributed by atoms with Crippen LogP contribution in [0.5, 0.6) is 0 Å². The van der Waals surface area contributed by atoms with Crippen molar-refractivity contribution in [3.8, 4) is 6.07 Å². The Morgan fingerprint density at radius 2 is 1.89 bits per heavy atom. The Labute approximate surface area is 206 Å². The molecule has 0 radical (unpaired) electrons. The minimum absolute atomic E-state index is 0.00860. The fourth-order valence-electron chi connectivity index (χ4n) is 5.12. The number of amides is 1. The van der Waals surface area contributed by atoms with E-state index in [1.807, 2.05) is 27.0 Å². The highest BCUT2D eigenvalue weighted by molar-refractivity contribution is 5.98. The third-order valence-corrected chi connectivity index (χ3v) is 6.99. The van der Waals surface area contributed by atoms with E-state index in [0.717, 1.165) is 29.3 Å². The molecule has 35 heavy (non-hydrogen) atoms. The number of ketones is 1. The molecule has 2 aromatic carbocycles. The summed E-state index contributed by atoms with van der Waals surface area (Å²) in [4.78, 5) is 27.3. The van der Waals surface area contributed by atoms with Crippen LogP contribution in [0.3, 0.4) is 0 Å². The fourth-order valence-corrected chi connectivity index (χ4v) is 5.12. The molecule has 1 fully saturated rings. The molecule has 1 N–H and O–H groups in total. The van der Waals surface area contributed by atoms with Crippen molar-refractivity contribution in [3.63, 3.8) is 0 Å². The molecule has 0 bridgehead atoms. The van der Waals surface area contributed by atoms with E-state index in [1.54, 1.807) is 29.2 Å². The van der Waals surface area contributed by atoms with Crippen molar-refractivity contribution in [2.45, 2.75) is 51.6 Å². The number of aryl methyl sites for hydroxylation is 1. The molecule has 0 spiro atoms. The van der Waals surface area contributed by atoms with Crippen LogP contribution < -0.4 is 0 Å². The number of aromatic nitrogens is 1. The van der Waals surface area contributed by atoms with Gasteiger partial charge in [-0.2, -0.15) is 5.26 Å². The number of nitrogens with zero attached hydrogens (tertiary/aromatic N) is 3. The van der Waals surface area contributed by atoms with Crippen LogP contribution in [0.25, 0.3) is 10.9 Å². The average molecular weight is 472 g/mol. The molecule has 1 aliphatic heterocycles. The van der Waals surface area contributed by atoms with Crippen LogP contribution in [0, 0.1) is 17.2 Å². The number of fused-ring (bicyclic) bond motifs is 1. The smallest absolute Gasteiger partial charge is 0.251 e. The van der Waals surface area contributed by atoms with E-state index in [-0.39, 0.29) is 24.0 Å². The van der Waals surface area contributed by atoms with Crippen LogP contribution in [0.4, 0.5) is 0 Å². The number of hydrogen-bond donors (Lipinski definition) is 1. The Balaban J connectivity index is 1.49. The Kier molecular flexibility index (Phi) is 7.37. The van der Waals surface area contributed by atoms with E-state index in [0.29, 0.717) is 36.6 Å². The van der Waals surface area contributed by atoms with Crippen LogP contribution >= 0.6 is 0 Å². The monoisotopic (exact) mass is 471 g/mol. The first-order chi connectivity index (χ1) is 16.8. The lowest BCUT2D eigenvalue weighted by molar-refractivity contribution is -0.142. The van der Waals surface area contributed by atoms with E-state index in [2.05, 4.69) is 29.0 Å². The predicted molar refractivity (Wildman–Crippen MR) is 136 cm³/mol. The molecule has 182 valence electrons. The van der Waals surface area contributed by atoms with Crippen molar-refractivity contribution >= 4 is 22.6 Å². The van der Waals surface area contributed by atoms with Gasteiger partial charge in [0.1, 0.15) is 6.10 Å². The lowest BCUT2D eigenvalue weighted by Crippen LogP contribution is -2.43. The Morgan fingerprint density at radius 3 is 2.57 bits per heavy atom.